The molecule has 1 fully saturated rings. The summed E-state index contributed by atoms with van der Waals surface area (Å²) in [7, 11) is 0. The van der Waals surface area contributed by atoms with E-state index in [1.165, 1.54) is 12.1 Å². The Morgan fingerprint density at radius 1 is 1.41 bits per heavy atom. The van der Waals surface area contributed by atoms with Crippen molar-refractivity contribution in [2.75, 3.05) is 0 Å². The van der Waals surface area contributed by atoms with Gasteiger partial charge in [-0.25, -0.2) is 13.6 Å². The number of nitrogens with zero attached hydrogens (tertiary/aromatic N) is 1. The zero-order chi connectivity index (χ0) is 12.5. The number of isocyanates is 1. The quantitative estimate of drug-likeness (QED) is 0.610. The number of rotatable bonds is 3. The molecule has 1 aliphatic rings. The summed E-state index contributed by atoms with van der Waals surface area (Å²) in [6, 6.07) is 4.58. The van der Waals surface area contributed by atoms with Gasteiger partial charge in [0.2, 0.25) is 6.08 Å². The van der Waals surface area contributed by atoms with Crippen LogP contribution in [0.1, 0.15) is 36.8 Å². The predicted octanol–water partition coefficient (Wildman–Crippen LogP) is 4.10. The highest BCUT2D eigenvalue weighted by atomic mass is 79.9. The van der Waals surface area contributed by atoms with Crippen LogP contribution in [0.2, 0.25) is 0 Å². The molecule has 0 radical (unpaired) electrons. The van der Waals surface area contributed by atoms with Crippen LogP contribution in [0.15, 0.2) is 27.7 Å². The molecule has 1 aliphatic carbocycles. The van der Waals surface area contributed by atoms with E-state index >= 15 is 0 Å². The maximum Gasteiger partial charge on any atom is 0.264 e. The lowest BCUT2D eigenvalue weighted by Crippen LogP contribution is -2.33. The smallest absolute Gasteiger partial charge is 0.211 e. The van der Waals surface area contributed by atoms with Crippen molar-refractivity contribution >= 4 is 22.0 Å². The first-order valence-electron chi connectivity index (χ1n) is 5.26. The summed E-state index contributed by atoms with van der Waals surface area (Å²) in [6.07, 6.45) is 1.09. The van der Waals surface area contributed by atoms with Gasteiger partial charge in [0, 0.05) is 10.0 Å². The molecule has 0 atom stereocenters. The molecule has 0 aliphatic heterocycles. The van der Waals surface area contributed by atoms with Crippen LogP contribution < -0.4 is 0 Å². The molecule has 90 valence electrons. The van der Waals surface area contributed by atoms with E-state index in [-0.39, 0.29) is 5.56 Å². The first-order valence-corrected chi connectivity index (χ1v) is 6.05. The van der Waals surface area contributed by atoms with Gasteiger partial charge in [0.15, 0.2) is 0 Å². The lowest BCUT2D eigenvalue weighted by atomic mass is 9.71. The Morgan fingerprint density at radius 3 is 2.59 bits per heavy atom. The minimum Gasteiger partial charge on any atom is -0.211 e. The van der Waals surface area contributed by atoms with Gasteiger partial charge < -0.3 is 0 Å². The topological polar surface area (TPSA) is 29.4 Å². The standard InChI is InChI=1S/C12H10BrF2NO/c13-8-2-3-9(11(14)15)10(6-8)12(16-7-17)4-1-5-12/h2-3,6,11H,1,4-5H2. The zero-order valence-electron chi connectivity index (χ0n) is 8.92. The van der Waals surface area contributed by atoms with Gasteiger partial charge in [0.1, 0.15) is 0 Å². The first kappa shape index (κ1) is 12.4. The average molecular weight is 302 g/mol. The highest BCUT2D eigenvalue weighted by Gasteiger charge is 2.41. The van der Waals surface area contributed by atoms with Crippen LogP contribution in [-0.4, -0.2) is 6.08 Å². The number of halogens is 3. The fourth-order valence-corrected chi connectivity index (χ4v) is 2.52. The van der Waals surface area contributed by atoms with E-state index in [0.29, 0.717) is 22.9 Å². The van der Waals surface area contributed by atoms with Gasteiger partial charge in [0.25, 0.3) is 6.43 Å². The Hall–Kier alpha value is -1.06. The summed E-state index contributed by atoms with van der Waals surface area (Å²) in [4.78, 5) is 14.2. The lowest BCUT2D eigenvalue weighted by Gasteiger charge is -2.38. The molecule has 0 aromatic heterocycles. The van der Waals surface area contributed by atoms with Crippen molar-refractivity contribution < 1.29 is 13.6 Å². The molecule has 17 heavy (non-hydrogen) atoms. The first-order chi connectivity index (χ1) is 8.09. The molecular formula is C12H10BrF2NO. The van der Waals surface area contributed by atoms with Crippen LogP contribution in [-0.2, 0) is 10.3 Å². The fourth-order valence-electron chi connectivity index (χ4n) is 2.16. The number of aliphatic imine (C=N–C) groups is 1. The second-order valence-electron chi connectivity index (χ2n) is 4.12. The molecule has 1 aromatic carbocycles. The molecule has 0 N–H and O–H groups in total. The summed E-state index contributed by atoms with van der Waals surface area (Å²) in [6.45, 7) is 0. The number of hydrogen-bond donors (Lipinski definition) is 0. The van der Waals surface area contributed by atoms with Crippen LogP contribution in [0.4, 0.5) is 8.78 Å². The van der Waals surface area contributed by atoms with Crippen LogP contribution in [0.25, 0.3) is 0 Å². The second kappa shape index (κ2) is 4.67. The summed E-state index contributed by atoms with van der Waals surface area (Å²) in [5, 5.41) is 0. The molecule has 1 aromatic rings. The van der Waals surface area contributed by atoms with Crippen molar-refractivity contribution in [1.29, 1.82) is 0 Å². The predicted molar refractivity (Wildman–Crippen MR) is 62.7 cm³/mol. The Morgan fingerprint density at radius 2 is 2.12 bits per heavy atom. The zero-order valence-corrected chi connectivity index (χ0v) is 10.5. The molecule has 2 rings (SSSR count). The van der Waals surface area contributed by atoms with Gasteiger partial charge in [-0.15, -0.1) is 0 Å². The number of hydrogen-bond acceptors (Lipinski definition) is 2. The van der Waals surface area contributed by atoms with E-state index in [2.05, 4.69) is 20.9 Å². The highest BCUT2D eigenvalue weighted by molar-refractivity contribution is 9.10. The lowest BCUT2D eigenvalue weighted by molar-refractivity contribution is 0.144. The normalized spacial score (nSPS) is 17.4. The third-order valence-electron chi connectivity index (χ3n) is 3.19. The summed E-state index contributed by atoms with van der Waals surface area (Å²) >= 11 is 3.26. The molecule has 0 amide bonds. The minimum absolute atomic E-state index is 0.0492. The molecular weight excluding hydrogens is 292 g/mol. The molecule has 0 bridgehead atoms. The van der Waals surface area contributed by atoms with Gasteiger partial charge in [-0.3, -0.25) is 0 Å². The second-order valence-corrected chi connectivity index (χ2v) is 5.04. The minimum atomic E-state index is -2.56. The molecule has 1 saturated carbocycles. The monoisotopic (exact) mass is 301 g/mol. The highest BCUT2D eigenvalue weighted by Crippen LogP contribution is 2.48. The van der Waals surface area contributed by atoms with Gasteiger partial charge >= 0.3 is 0 Å². The number of benzene rings is 1. The summed E-state index contributed by atoms with van der Waals surface area (Å²) in [5.74, 6) is 0. The number of alkyl halides is 2. The van der Waals surface area contributed by atoms with E-state index < -0.39 is 12.0 Å². The molecule has 5 heteroatoms. The molecule has 2 nitrogen and oxygen atoms in total. The van der Waals surface area contributed by atoms with Crippen LogP contribution in [0, 0.1) is 0 Å². The largest absolute Gasteiger partial charge is 0.264 e. The van der Waals surface area contributed by atoms with Crippen molar-refractivity contribution in [1.82, 2.24) is 0 Å². The van der Waals surface area contributed by atoms with Crippen molar-refractivity contribution in [3.05, 3.63) is 33.8 Å². The van der Waals surface area contributed by atoms with Crippen molar-refractivity contribution in [2.45, 2.75) is 31.2 Å². The Balaban J connectivity index is 2.56. The van der Waals surface area contributed by atoms with Crippen LogP contribution >= 0.6 is 15.9 Å². The number of carbonyl (C=O) groups excluding carboxylic acids is 1. The van der Waals surface area contributed by atoms with Crippen LogP contribution in [0.3, 0.4) is 0 Å². The Bertz CT molecular complexity index is 479. The van der Waals surface area contributed by atoms with Crippen LogP contribution in [0.5, 0.6) is 0 Å². The molecule has 0 spiro atoms. The van der Waals surface area contributed by atoms with Gasteiger partial charge in [-0.1, -0.05) is 22.0 Å². The summed E-state index contributed by atoms with van der Waals surface area (Å²) < 4.78 is 26.6. The Kier molecular flexibility index (Phi) is 3.40. The average Bonchev–Trinajstić information content (AvgIpc) is 2.22. The van der Waals surface area contributed by atoms with Gasteiger partial charge in [0.05, 0.1) is 5.54 Å². The molecule has 0 saturated heterocycles. The van der Waals surface area contributed by atoms with E-state index in [9.17, 15) is 13.6 Å². The maximum absolute atomic E-state index is 12.9. The molecule has 0 heterocycles. The third-order valence-corrected chi connectivity index (χ3v) is 3.69. The van der Waals surface area contributed by atoms with E-state index in [1.54, 1.807) is 12.1 Å². The SMILES string of the molecule is O=C=NC1(c2cc(Br)ccc2C(F)F)CCC1. The van der Waals surface area contributed by atoms with Crippen molar-refractivity contribution in [3.63, 3.8) is 0 Å². The molecule has 0 unspecified atom stereocenters. The van der Waals surface area contributed by atoms with E-state index in [0.717, 1.165) is 6.42 Å². The van der Waals surface area contributed by atoms with Gasteiger partial charge in [-0.2, -0.15) is 4.99 Å². The van der Waals surface area contributed by atoms with E-state index in [1.807, 2.05) is 0 Å². The third kappa shape index (κ3) is 2.17. The van der Waals surface area contributed by atoms with Crippen molar-refractivity contribution in [3.8, 4) is 0 Å². The summed E-state index contributed by atoms with van der Waals surface area (Å²) in [5.41, 5.74) is -0.388. The van der Waals surface area contributed by atoms with Gasteiger partial charge in [-0.05, 0) is 37.0 Å². The van der Waals surface area contributed by atoms with Crippen molar-refractivity contribution in [2.24, 2.45) is 4.99 Å². The fraction of sp³-hybridized carbons (Fsp3) is 0.417. The maximum atomic E-state index is 12.9. The van der Waals surface area contributed by atoms with E-state index in [4.69, 9.17) is 0 Å². The Labute approximate surface area is 106 Å².